The second-order valence-electron chi connectivity index (χ2n) is 9.18. The van der Waals surface area contributed by atoms with E-state index in [1.165, 1.54) is 11.8 Å². The maximum Gasteiger partial charge on any atom is 0.262 e. The summed E-state index contributed by atoms with van der Waals surface area (Å²) in [4.78, 5) is 30.1. The summed E-state index contributed by atoms with van der Waals surface area (Å²) in [6.07, 6.45) is 2.77. The van der Waals surface area contributed by atoms with Gasteiger partial charge in [-0.2, -0.15) is 0 Å². The number of nitrogens with one attached hydrogen (secondary N) is 1. The molecule has 0 bridgehead atoms. The number of hydrogen-bond donors (Lipinski definition) is 1. The quantitative estimate of drug-likeness (QED) is 0.516. The average Bonchev–Trinajstić information content (AvgIpc) is 2.56. The monoisotopic (exact) mass is 403 g/mol. The second-order valence-corrected chi connectivity index (χ2v) is 10.1. The summed E-state index contributed by atoms with van der Waals surface area (Å²) in [5, 5.41) is 4.36. The maximum atomic E-state index is 12.9. The SMILES string of the molecule is CCCCn1c(SCC(=O)NC(C)(C)CC(C)(C)C)nc2ccccc2c1=O. The number of unbranched alkanes of at least 4 members (excludes halogenated alkanes) is 1. The average molecular weight is 404 g/mol. The minimum Gasteiger partial charge on any atom is -0.350 e. The van der Waals surface area contributed by atoms with E-state index in [1.807, 2.05) is 38.1 Å². The molecule has 1 amide bonds. The molecule has 0 aliphatic heterocycles. The molecule has 0 spiro atoms. The topological polar surface area (TPSA) is 64.0 Å². The number of benzene rings is 1. The Balaban J connectivity index is 2.18. The lowest BCUT2D eigenvalue weighted by Gasteiger charge is -2.33. The summed E-state index contributed by atoms with van der Waals surface area (Å²) in [5.41, 5.74) is 0.491. The molecule has 0 aliphatic carbocycles. The Morgan fingerprint density at radius 3 is 2.50 bits per heavy atom. The van der Waals surface area contributed by atoms with Crippen LogP contribution in [0.1, 0.15) is 60.8 Å². The maximum absolute atomic E-state index is 12.9. The van der Waals surface area contributed by atoms with E-state index in [2.05, 4.69) is 38.0 Å². The van der Waals surface area contributed by atoms with E-state index in [0.717, 1.165) is 19.3 Å². The molecule has 2 rings (SSSR count). The summed E-state index contributed by atoms with van der Waals surface area (Å²) < 4.78 is 1.71. The van der Waals surface area contributed by atoms with E-state index < -0.39 is 0 Å². The van der Waals surface area contributed by atoms with Crippen LogP contribution in [0.4, 0.5) is 0 Å². The van der Waals surface area contributed by atoms with Crippen LogP contribution in [-0.2, 0) is 11.3 Å². The fourth-order valence-electron chi connectivity index (χ4n) is 3.68. The van der Waals surface area contributed by atoms with Crippen molar-refractivity contribution < 1.29 is 4.79 Å². The number of fused-ring (bicyclic) bond motifs is 1. The smallest absolute Gasteiger partial charge is 0.262 e. The number of para-hydroxylation sites is 1. The van der Waals surface area contributed by atoms with Gasteiger partial charge in [-0.3, -0.25) is 14.2 Å². The second kappa shape index (κ2) is 9.12. The van der Waals surface area contributed by atoms with Crippen molar-refractivity contribution in [1.29, 1.82) is 0 Å². The highest BCUT2D eigenvalue weighted by atomic mass is 32.2. The van der Waals surface area contributed by atoms with Gasteiger partial charge in [-0.15, -0.1) is 0 Å². The van der Waals surface area contributed by atoms with Gasteiger partial charge in [0.15, 0.2) is 5.16 Å². The molecule has 5 nitrogen and oxygen atoms in total. The van der Waals surface area contributed by atoms with Gasteiger partial charge >= 0.3 is 0 Å². The molecule has 2 aromatic rings. The molecule has 28 heavy (non-hydrogen) atoms. The Morgan fingerprint density at radius 1 is 1.18 bits per heavy atom. The van der Waals surface area contributed by atoms with E-state index >= 15 is 0 Å². The molecule has 0 aliphatic rings. The number of hydrogen-bond acceptors (Lipinski definition) is 4. The van der Waals surface area contributed by atoms with Gasteiger partial charge in [0.05, 0.1) is 16.7 Å². The molecule has 0 saturated carbocycles. The molecule has 1 aromatic heterocycles. The van der Waals surface area contributed by atoms with Crippen LogP contribution >= 0.6 is 11.8 Å². The van der Waals surface area contributed by atoms with Crippen molar-refractivity contribution in [3.8, 4) is 0 Å². The van der Waals surface area contributed by atoms with Crippen molar-refractivity contribution in [1.82, 2.24) is 14.9 Å². The Hall–Kier alpha value is -1.82. The van der Waals surface area contributed by atoms with Gasteiger partial charge in [-0.25, -0.2) is 4.98 Å². The van der Waals surface area contributed by atoms with Crippen molar-refractivity contribution in [2.24, 2.45) is 5.41 Å². The van der Waals surface area contributed by atoms with Gasteiger partial charge < -0.3 is 5.32 Å². The fraction of sp³-hybridized carbons (Fsp3) is 0.591. The molecule has 6 heteroatoms. The lowest BCUT2D eigenvalue weighted by molar-refractivity contribution is -0.120. The van der Waals surface area contributed by atoms with Crippen LogP contribution in [0, 0.1) is 5.41 Å². The molecule has 1 aromatic carbocycles. The van der Waals surface area contributed by atoms with Gasteiger partial charge in [-0.05, 0) is 44.2 Å². The Bertz CT molecular complexity index is 881. The minimum absolute atomic E-state index is 0.0324. The Labute approximate surface area is 172 Å². The lowest BCUT2D eigenvalue weighted by Crippen LogP contribution is -2.46. The Morgan fingerprint density at radius 2 is 1.86 bits per heavy atom. The van der Waals surface area contributed by atoms with Crippen molar-refractivity contribution in [2.45, 2.75) is 78.0 Å². The molecule has 0 radical (unpaired) electrons. The lowest BCUT2D eigenvalue weighted by atomic mass is 9.82. The van der Waals surface area contributed by atoms with Crippen LogP contribution in [0.15, 0.2) is 34.2 Å². The molecule has 154 valence electrons. The Kier molecular flexibility index (Phi) is 7.32. The minimum atomic E-state index is -0.283. The number of amides is 1. The first kappa shape index (κ1) is 22.5. The molecule has 1 heterocycles. The zero-order valence-electron chi connectivity index (χ0n) is 18.0. The van der Waals surface area contributed by atoms with Crippen molar-refractivity contribution in [2.75, 3.05) is 5.75 Å². The normalized spacial score (nSPS) is 12.4. The van der Waals surface area contributed by atoms with Gasteiger partial charge in [-0.1, -0.05) is 58.0 Å². The predicted molar refractivity (Wildman–Crippen MR) is 118 cm³/mol. The number of rotatable bonds is 8. The summed E-state index contributed by atoms with van der Waals surface area (Å²) in [5.74, 6) is 0.202. The molecule has 1 N–H and O–H groups in total. The van der Waals surface area contributed by atoms with Crippen LogP contribution < -0.4 is 10.9 Å². The first-order valence-electron chi connectivity index (χ1n) is 9.96. The zero-order chi connectivity index (χ0) is 20.9. The van der Waals surface area contributed by atoms with E-state index in [1.54, 1.807) is 4.57 Å². The highest BCUT2D eigenvalue weighted by Gasteiger charge is 2.27. The highest BCUT2D eigenvalue weighted by molar-refractivity contribution is 7.99. The van der Waals surface area contributed by atoms with Crippen LogP contribution in [0.3, 0.4) is 0 Å². The third-order valence-electron chi connectivity index (χ3n) is 4.34. The van der Waals surface area contributed by atoms with Crippen molar-refractivity contribution in [3.63, 3.8) is 0 Å². The standard InChI is InChI=1S/C22H33N3O2S/c1-7-8-13-25-19(27)16-11-9-10-12-17(16)23-20(25)28-14-18(26)24-22(5,6)15-21(2,3)4/h9-12H,7-8,13-15H2,1-6H3,(H,24,26). The van der Waals surface area contributed by atoms with Crippen LogP contribution in [-0.4, -0.2) is 26.8 Å². The third-order valence-corrected chi connectivity index (χ3v) is 5.32. The number of nitrogens with zero attached hydrogens (tertiary/aromatic N) is 2. The highest BCUT2D eigenvalue weighted by Crippen LogP contribution is 2.27. The first-order valence-corrected chi connectivity index (χ1v) is 10.9. The summed E-state index contributed by atoms with van der Waals surface area (Å²) in [6.45, 7) is 13.3. The van der Waals surface area contributed by atoms with Crippen molar-refractivity contribution >= 4 is 28.6 Å². The fourth-order valence-corrected chi connectivity index (χ4v) is 4.51. The van der Waals surface area contributed by atoms with Gasteiger partial charge in [0.2, 0.25) is 5.91 Å². The molecule has 0 unspecified atom stereocenters. The molecule has 0 fully saturated rings. The van der Waals surface area contributed by atoms with Crippen LogP contribution in [0.5, 0.6) is 0 Å². The molecule has 0 atom stereocenters. The number of thioether (sulfide) groups is 1. The van der Waals surface area contributed by atoms with Gasteiger partial charge in [0.25, 0.3) is 5.56 Å². The number of carbonyl (C=O) groups is 1. The molecular weight excluding hydrogens is 370 g/mol. The van der Waals surface area contributed by atoms with Gasteiger partial charge in [0, 0.05) is 12.1 Å². The summed E-state index contributed by atoms with van der Waals surface area (Å²) >= 11 is 1.33. The number of aromatic nitrogens is 2. The first-order chi connectivity index (χ1) is 13.0. The van der Waals surface area contributed by atoms with E-state index in [0.29, 0.717) is 22.6 Å². The van der Waals surface area contributed by atoms with Gasteiger partial charge in [0.1, 0.15) is 0 Å². The zero-order valence-corrected chi connectivity index (χ0v) is 18.8. The number of carbonyl (C=O) groups excluding carboxylic acids is 1. The summed E-state index contributed by atoms with van der Waals surface area (Å²) in [6, 6.07) is 7.38. The van der Waals surface area contributed by atoms with Crippen LogP contribution in [0.25, 0.3) is 10.9 Å². The molecule has 0 saturated heterocycles. The molecular formula is C22H33N3O2S. The van der Waals surface area contributed by atoms with E-state index in [4.69, 9.17) is 0 Å². The van der Waals surface area contributed by atoms with Crippen molar-refractivity contribution in [3.05, 3.63) is 34.6 Å². The van der Waals surface area contributed by atoms with Crippen LogP contribution in [0.2, 0.25) is 0 Å². The van der Waals surface area contributed by atoms with E-state index in [-0.39, 0.29) is 28.2 Å². The van der Waals surface area contributed by atoms with E-state index in [9.17, 15) is 9.59 Å². The largest absolute Gasteiger partial charge is 0.350 e. The summed E-state index contributed by atoms with van der Waals surface area (Å²) in [7, 11) is 0. The third kappa shape index (κ3) is 6.36. The predicted octanol–water partition coefficient (Wildman–Crippen LogP) is 4.62.